The van der Waals surface area contributed by atoms with Crippen LogP contribution < -0.4 is 5.32 Å². The van der Waals surface area contributed by atoms with Crippen LogP contribution >= 0.6 is 11.3 Å². The maximum atomic E-state index is 13.4. The minimum atomic E-state index is -5.15. The van der Waals surface area contributed by atoms with E-state index in [1.54, 1.807) is 11.4 Å². The molecule has 9 heteroatoms. The summed E-state index contributed by atoms with van der Waals surface area (Å²) in [6, 6.07) is 6.43. The Bertz CT molecular complexity index is 847. The van der Waals surface area contributed by atoms with Gasteiger partial charge in [-0.15, -0.1) is 11.3 Å². The summed E-state index contributed by atoms with van der Waals surface area (Å²) in [6.07, 6.45) is -0.697. The number of rotatable bonds is 6. The maximum absolute atomic E-state index is 13.4. The third-order valence-corrected chi connectivity index (χ3v) is 6.02. The van der Waals surface area contributed by atoms with Crippen molar-refractivity contribution in [2.75, 3.05) is 0 Å². The summed E-state index contributed by atoms with van der Waals surface area (Å²) in [5, 5.41) is 4.48. The van der Waals surface area contributed by atoms with Crippen molar-refractivity contribution < 1.29 is 27.2 Å². The van der Waals surface area contributed by atoms with Gasteiger partial charge >= 0.3 is 12.1 Å². The summed E-state index contributed by atoms with van der Waals surface area (Å²) in [5.41, 5.74) is 0.293. The number of hydrogen-bond donors (Lipinski definition) is 1. The number of halogens is 4. The summed E-state index contributed by atoms with van der Waals surface area (Å²) in [4.78, 5) is 26.3. The average Bonchev–Trinajstić information content (AvgIpc) is 3.23. The second-order valence-electron chi connectivity index (χ2n) is 7.32. The molecule has 1 aromatic heterocycles. The highest BCUT2D eigenvalue weighted by atomic mass is 32.1. The van der Waals surface area contributed by atoms with E-state index in [0.29, 0.717) is 15.3 Å². The van der Waals surface area contributed by atoms with Crippen molar-refractivity contribution in [3.63, 3.8) is 0 Å². The molecule has 162 valence electrons. The van der Waals surface area contributed by atoms with E-state index in [9.17, 15) is 27.2 Å². The minimum Gasteiger partial charge on any atom is -0.351 e. The molecule has 1 fully saturated rings. The topological polar surface area (TPSA) is 49.4 Å². The van der Waals surface area contributed by atoms with Gasteiger partial charge in [0.15, 0.2) is 0 Å². The number of amides is 2. The molecule has 0 radical (unpaired) electrons. The minimum absolute atomic E-state index is 0.123. The van der Waals surface area contributed by atoms with Crippen molar-refractivity contribution in [3.8, 4) is 0 Å². The van der Waals surface area contributed by atoms with Gasteiger partial charge in [-0.1, -0.05) is 37.5 Å². The molecular formula is C21H22F4N2O2S. The summed E-state index contributed by atoms with van der Waals surface area (Å²) < 4.78 is 53.5. The number of carbonyl (C=O) groups is 2. The molecule has 1 heterocycles. The Kier molecular flexibility index (Phi) is 7.12. The third kappa shape index (κ3) is 5.59. The number of alkyl halides is 3. The molecule has 0 saturated heterocycles. The van der Waals surface area contributed by atoms with Crippen LogP contribution in [0.3, 0.4) is 0 Å². The first kappa shape index (κ1) is 22.3. The third-order valence-electron chi connectivity index (χ3n) is 5.09. The first-order valence-corrected chi connectivity index (χ1v) is 10.6. The van der Waals surface area contributed by atoms with Gasteiger partial charge in [-0.25, -0.2) is 4.39 Å². The number of nitrogens with zero attached hydrogens (tertiary/aromatic N) is 1. The van der Waals surface area contributed by atoms with Gasteiger partial charge in [0.1, 0.15) is 11.9 Å². The van der Waals surface area contributed by atoms with E-state index in [-0.39, 0.29) is 6.04 Å². The molecule has 1 aliphatic carbocycles. The lowest BCUT2D eigenvalue weighted by atomic mass is 9.95. The molecule has 0 aliphatic heterocycles. The fourth-order valence-electron chi connectivity index (χ4n) is 3.63. The first-order chi connectivity index (χ1) is 14.3. The standard InChI is InChI=1S/C21H22F4N2O2S/c22-15-10-8-14(9-11-15)13-27(20(29)21(23,24)25)18(17-7-4-12-30-17)19(28)26-16-5-2-1-3-6-16/h4,7-12,16,18H,1-3,5-6,13H2,(H,26,28). The molecular weight excluding hydrogens is 420 g/mol. The lowest BCUT2D eigenvalue weighted by Crippen LogP contribution is -2.49. The number of benzene rings is 1. The highest BCUT2D eigenvalue weighted by Gasteiger charge is 2.47. The van der Waals surface area contributed by atoms with Crippen molar-refractivity contribution in [1.29, 1.82) is 0 Å². The monoisotopic (exact) mass is 442 g/mol. The van der Waals surface area contributed by atoms with E-state index in [4.69, 9.17) is 0 Å². The fourth-order valence-corrected chi connectivity index (χ4v) is 4.46. The summed E-state index contributed by atoms with van der Waals surface area (Å²) in [6.45, 7) is -0.473. The van der Waals surface area contributed by atoms with E-state index in [2.05, 4.69) is 5.32 Å². The fraction of sp³-hybridized carbons (Fsp3) is 0.429. The quantitative estimate of drug-likeness (QED) is 0.643. The van der Waals surface area contributed by atoms with E-state index in [0.717, 1.165) is 55.6 Å². The maximum Gasteiger partial charge on any atom is 0.471 e. The SMILES string of the molecule is O=C(NC1CCCCC1)C(c1cccs1)N(Cc1ccc(F)cc1)C(=O)C(F)(F)F. The van der Waals surface area contributed by atoms with Gasteiger partial charge in [0, 0.05) is 17.5 Å². The van der Waals surface area contributed by atoms with Gasteiger partial charge in [-0.2, -0.15) is 13.2 Å². The molecule has 30 heavy (non-hydrogen) atoms. The number of thiophene rings is 1. The Morgan fingerprint density at radius 1 is 1.10 bits per heavy atom. The van der Waals surface area contributed by atoms with Crippen LogP contribution in [0, 0.1) is 5.82 Å². The van der Waals surface area contributed by atoms with Gasteiger partial charge in [-0.05, 0) is 42.0 Å². The Hall–Kier alpha value is -2.42. The Balaban J connectivity index is 1.94. The molecule has 1 aromatic carbocycles. The molecule has 1 unspecified atom stereocenters. The number of hydrogen-bond acceptors (Lipinski definition) is 3. The zero-order chi connectivity index (χ0) is 21.7. The largest absolute Gasteiger partial charge is 0.471 e. The summed E-state index contributed by atoms with van der Waals surface area (Å²) in [7, 11) is 0. The Morgan fingerprint density at radius 3 is 2.33 bits per heavy atom. The molecule has 1 N–H and O–H groups in total. The highest BCUT2D eigenvalue weighted by molar-refractivity contribution is 7.10. The zero-order valence-electron chi connectivity index (χ0n) is 16.1. The molecule has 1 atom stereocenters. The molecule has 3 rings (SSSR count). The predicted molar refractivity (Wildman–Crippen MR) is 105 cm³/mol. The van der Waals surface area contributed by atoms with Gasteiger partial charge in [-0.3, -0.25) is 9.59 Å². The Labute approximate surface area is 175 Å². The van der Waals surface area contributed by atoms with Gasteiger partial charge in [0.05, 0.1) is 0 Å². The number of nitrogens with one attached hydrogen (secondary N) is 1. The van der Waals surface area contributed by atoms with Crippen molar-refractivity contribution >= 4 is 23.2 Å². The van der Waals surface area contributed by atoms with Crippen LogP contribution in [0.1, 0.15) is 48.6 Å². The van der Waals surface area contributed by atoms with Crippen LogP contribution in [-0.4, -0.2) is 28.9 Å². The predicted octanol–water partition coefficient (Wildman–Crippen LogP) is 4.97. The van der Waals surface area contributed by atoms with Crippen molar-refractivity contribution in [2.45, 2.75) is 56.9 Å². The van der Waals surface area contributed by atoms with Crippen LogP contribution in [0.15, 0.2) is 41.8 Å². The summed E-state index contributed by atoms with van der Waals surface area (Å²) >= 11 is 1.11. The smallest absolute Gasteiger partial charge is 0.351 e. The van der Waals surface area contributed by atoms with E-state index >= 15 is 0 Å². The molecule has 1 saturated carbocycles. The molecule has 2 amide bonds. The van der Waals surface area contributed by atoms with Crippen LogP contribution in [-0.2, 0) is 16.1 Å². The van der Waals surface area contributed by atoms with Crippen LogP contribution in [0.2, 0.25) is 0 Å². The number of carbonyl (C=O) groups excluding carboxylic acids is 2. The highest BCUT2D eigenvalue weighted by Crippen LogP contribution is 2.32. The molecule has 1 aliphatic rings. The zero-order valence-corrected chi connectivity index (χ0v) is 16.9. The lowest BCUT2D eigenvalue weighted by molar-refractivity contribution is -0.189. The molecule has 2 aromatic rings. The van der Waals surface area contributed by atoms with E-state index in [1.165, 1.54) is 18.2 Å². The summed E-state index contributed by atoms with van der Waals surface area (Å²) in [5.74, 6) is -3.29. The van der Waals surface area contributed by atoms with Crippen molar-refractivity contribution in [3.05, 3.63) is 58.0 Å². The normalized spacial score (nSPS) is 16.1. The van der Waals surface area contributed by atoms with Crippen LogP contribution in [0.5, 0.6) is 0 Å². The lowest BCUT2D eigenvalue weighted by Gasteiger charge is -2.33. The molecule has 0 bridgehead atoms. The van der Waals surface area contributed by atoms with E-state index < -0.39 is 36.4 Å². The van der Waals surface area contributed by atoms with E-state index in [1.807, 2.05) is 0 Å². The van der Waals surface area contributed by atoms with Gasteiger partial charge < -0.3 is 10.2 Å². The van der Waals surface area contributed by atoms with Gasteiger partial charge in [0.25, 0.3) is 0 Å². The second kappa shape index (κ2) is 9.59. The van der Waals surface area contributed by atoms with Crippen molar-refractivity contribution in [2.24, 2.45) is 0 Å². The van der Waals surface area contributed by atoms with Gasteiger partial charge in [0.2, 0.25) is 5.91 Å². The molecule has 4 nitrogen and oxygen atoms in total. The second-order valence-corrected chi connectivity index (χ2v) is 8.30. The molecule has 0 spiro atoms. The van der Waals surface area contributed by atoms with Crippen LogP contribution in [0.25, 0.3) is 0 Å². The van der Waals surface area contributed by atoms with Crippen molar-refractivity contribution in [1.82, 2.24) is 10.2 Å². The first-order valence-electron chi connectivity index (χ1n) is 9.71. The van der Waals surface area contributed by atoms with Crippen LogP contribution in [0.4, 0.5) is 17.6 Å². The average molecular weight is 442 g/mol. The Morgan fingerprint density at radius 2 is 1.77 bits per heavy atom.